The number of hydrogen-bond donors (Lipinski definition) is 3. The highest BCUT2D eigenvalue weighted by atomic mass is 31.2. The van der Waals surface area contributed by atoms with Crippen molar-refractivity contribution in [3.8, 4) is 0 Å². The number of phosphoric ester groups is 2. The molecule has 0 rings (SSSR count). The van der Waals surface area contributed by atoms with E-state index in [1.165, 1.54) is 321 Å². The second-order valence-electron chi connectivity index (χ2n) is 34.4. The summed E-state index contributed by atoms with van der Waals surface area (Å²) >= 11 is 0. The van der Waals surface area contributed by atoms with Gasteiger partial charge in [0.1, 0.15) is 19.3 Å². The molecule has 0 spiro atoms. The summed E-state index contributed by atoms with van der Waals surface area (Å²) < 4.78 is 69.1. The van der Waals surface area contributed by atoms with Crippen LogP contribution in [-0.2, 0) is 65.4 Å². The van der Waals surface area contributed by atoms with Gasteiger partial charge in [0.2, 0.25) is 0 Å². The smallest absolute Gasteiger partial charge is 0.462 e. The van der Waals surface area contributed by atoms with E-state index in [1.807, 2.05) is 0 Å². The Bertz CT molecular complexity index is 2130. The third-order valence-electron chi connectivity index (χ3n) is 22.0. The molecule has 3 N–H and O–H groups in total. The summed E-state index contributed by atoms with van der Waals surface area (Å²) in [6.45, 7) is 9.71. The quantitative estimate of drug-likeness (QED) is 0.0222. The fourth-order valence-corrected chi connectivity index (χ4v) is 16.2. The maximum absolute atomic E-state index is 13.2. The largest absolute Gasteiger partial charge is 0.472 e. The number of rotatable bonds is 92. The molecule has 0 bridgehead atoms. The number of aliphatic hydroxyl groups is 1. The van der Waals surface area contributed by atoms with Crippen molar-refractivity contribution in [3.63, 3.8) is 0 Å². The molecule has 0 aromatic rings. The van der Waals surface area contributed by atoms with Crippen LogP contribution in [0, 0.1) is 11.8 Å². The van der Waals surface area contributed by atoms with E-state index in [9.17, 15) is 43.2 Å². The average Bonchev–Trinajstić information content (AvgIpc) is 0.902. The summed E-state index contributed by atoms with van der Waals surface area (Å²) in [5, 5.41) is 10.7. The lowest BCUT2D eigenvalue weighted by atomic mass is 10.0. The van der Waals surface area contributed by atoms with Gasteiger partial charge in [-0.25, -0.2) is 9.13 Å². The number of carbonyl (C=O) groups is 4. The Morgan fingerprint density at radius 1 is 0.241 bits per heavy atom. The molecular weight excluding hydrogens is 1450 g/mol. The van der Waals surface area contributed by atoms with E-state index in [2.05, 4.69) is 41.5 Å². The maximum atomic E-state index is 13.2. The number of phosphoric acid groups is 2. The van der Waals surface area contributed by atoms with Crippen LogP contribution in [0.4, 0.5) is 0 Å². The molecule has 0 aliphatic carbocycles. The molecular formula is C93H182O17P2. The Kier molecular flexibility index (Phi) is 82.6. The summed E-state index contributed by atoms with van der Waals surface area (Å²) in [4.78, 5) is 73.5. The lowest BCUT2D eigenvalue weighted by Crippen LogP contribution is -2.30. The van der Waals surface area contributed by atoms with E-state index in [1.54, 1.807) is 0 Å². The third-order valence-corrected chi connectivity index (χ3v) is 23.9. The molecule has 0 fully saturated rings. The number of hydrogen-bond acceptors (Lipinski definition) is 15. The van der Waals surface area contributed by atoms with Gasteiger partial charge >= 0.3 is 39.5 Å². The van der Waals surface area contributed by atoms with Gasteiger partial charge in [0.25, 0.3) is 0 Å². The fraction of sp³-hybridized carbons (Fsp3) is 0.957. The van der Waals surface area contributed by atoms with Gasteiger partial charge < -0.3 is 33.8 Å². The highest BCUT2D eigenvalue weighted by molar-refractivity contribution is 7.47. The summed E-state index contributed by atoms with van der Waals surface area (Å²) in [6.07, 6.45) is 79.4. The first-order valence-corrected chi connectivity index (χ1v) is 51.0. The van der Waals surface area contributed by atoms with Gasteiger partial charge in [-0.1, -0.05) is 452 Å². The summed E-state index contributed by atoms with van der Waals surface area (Å²) in [5.74, 6) is -0.560. The predicted molar refractivity (Wildman–Crippen MR) is 465 cm³/mol. The van der Waals surface area contributed by atoms with Gasteiger partial charge in [0.15, 0.2) is 12.2 Å². The molecule has 0 saturated carbocycles. The molecule has 666 valence electrons. The number of aliphatic hydroxyl groups excluding tert-OH is 1. The molecule has 0 amide bonds. The third kappa shape index (κ3) is 85.9. The molecule has 0 heterocycles. The Hall–Kier alpha value is -1.94. The van der Waals surface area contributed by atoms with Crippen LogP contribution in [0.2, 0.25) is 0 Å². The van der Waals surface area contributed by atoms with E-state index in [-0.39, 0.29) is 25.7 Å². The minimum Gasteiger partial charge on any atom is -0.462 e. The highest BCUT2D eigenvalue weighted by Crippen LogP contribution is 2.45. The van der Waals surface area contributed by atoms with E-state index >= 15 is 0 Å². The van der Waals surface area contributed by atoms with Crippen LogP contribution < -0.4 is 0 Å². The van der Waals surface area contributed by atoms with Crippen molar-refractivity contribution >= 4 is 39.5 Å². The zero-order chi connectivity index (χ0) is 82.0. The number of unbranched alkanes of at least 4 members (excludes halogenated alkanes) is 62. The first kappa shape index (κ1) is 110. The van der Waals surface area contributed by atoms with Crippen molar-refractivity contribution in [2.24, 2.45) is 11.8 Å². The minimum absolute atomic E-state index is 0.108. The molecule has 0 aromatic heterocycles. The normalized spacial score (nSPS) is 13.7. The van der Waals surface area contributed by atoms with Crippen LogP contribution in [0.25, 0.3) is 0 Å². The predicted octanol–water partition coefficient (Wildman–Crippen LogP) is 29.0. The average molecular weight is 1630 g/mol. The summed E-state index contributed by atoms with van der Waals surface area (Å²) in [5.41, 5.74) is 0. The highest BCUT2D eigenvalue weighted by Gasteiger charge is 2.31. The summed E-state index contributed by atoms with van der Waals surface area (Å²) in [7, 11) is -9.94. The Morgan fingerprint density at radius 3 is 0.607 bits per heavy atom. The molecule has 112 heavy (non-hydrogen) atoms. The molecule has 0 aliphatic rings. The molecule has 2 unspecified atom stereocenters. The van der Waals surface area contributed by atoms with Crippen LogP contribution in [0.1, 0.15) is 504 Å². The maximum Gasteiger partial charge on any atom is 0.472 e. The van der Waals surface area contributed by atoms with Gasteiger partial charge in [0, 0.05) is 25.7 Å². The molecule has 0 aromatic carbocycles. The van der Waals surface area contributed by atoms with Gasteiger partial charge in [-0.3, -0.25) is 37.3 Å². The van der Waals surface area contributed by atoms with E-state index in [0.717, 1.165) is 102 Å². The molecule has 0 saturated heterocycles. The zero-order valence-corrected chi connectivity index (χ0v) is 75.8. The van der Waals surface area contributed by atoms with Crippen molar-refractivity contribution in [2.45, 2.75) is 522 Å². The minimum atomic E-state index is -4.97. The van der Waals surface area contributed by atoms with E-state index < -0.39 is 97.5 Å². The lowest BCUT2D eigenvalue weighted by molar-refractivity contribution is -0.161. The number of ether oxygens (including phenoxy) is 4. The van der Waals surface area contributed by atoms with Gasteiger partial charge in [-0.15, -0.1) is 0 Å². The van der Waals surface area contributed by atoms with Crippen molar-refractivity contribution in [3.05, 3.63) is 0 Å². The van der Waals surface area contributed by atoms with Crippen LogP contribution in [0.3, 0.4) is 0 Å². The van der Waals surface area contributed by atoms with Crippen LogP contribution in [-0.4, -0.2) is 96.7 Å². The Morgan fingerprint density at radius 2 is 0.411 bits per heavy atom. The number of carbonyl (C=O) groups excluding carboxylic acids is 4. The van der Waals surface area contributed by atoms with Crippen LogP contribution >= 0.6 is 15.6 Å². The molecule has 5 atom stereocenters. The first-order chi connectivity index (χ1) is 54.4. The molecule has 19 heteroatoms. The van der Waals surface area contributed by atoms with E-state index in [4.69, 9.17) is 37.0 Å². The first-order valence-electron chi connectivity index (χ1n) is 48.0. The fourth-order valence-electron chi connectivity index (χ4n) is 14.7. The monoisotopic (exact) mass is 1630 g/mol. The van der Waals surface area contributed by atoms with Gasteiger partial charge in [-0.05, 0) is 37.5 Å². The second kappa shape index (κ2) is 84.1. The van der Waals surface area contributed by atoms with Crippen LogP contribution in [0.5, 0.6) is 0 Å². The van der Waals surface area contributed by atoms with Crippen LogP contribution in [0.15, 0.2) is 0 Å². The second-order valence-corrected chi connectivity index (χ2v) is 37.3. The zero-order valence-electron chi connectivity index (χ0n) is 74.0. The topological polar surface area (TPSA) is 237 Å². The standard InChI is InChI=1S/C93H182O17P2/c1-7-9-11-13-15-17-19-21-23-25-27-29-31-33-38-42-46-50-57-63-69-75-90(95)103-81-88(109-92(97)77-71-65-59-51-47-43-39-34-32-30-28-26-24-22-20-18-16-14-12-10-8-2)83-107-111(99,100)105-79-87(94)80-106-112(101,102)108-84-89(82-104-91(96)76-70-64-58-54-53-56-62-68-74-86(5)6)110-93(98)78-72-66-60-52-48-44-40-36-35-37-41-45-49-55-61-67-73-85(3)4/h85-89,94H,7-84H2,1-6H3,(H,99,100)(H,101,102)/t87-,88-,89-/m1/s1. The van der Waals surface area contributed by atoms with Gasteiger partial charge in [0.05, 0.1) is 26.4 Å². The van der Waals surface area contributed by atoms with Crippen molar-refractivity contribution < 1.29 is 80.2 Å². The van der Waals surface area contributed by atoms with Crippen molar-refractivity contribution in [1.29, 1.82) is 0 Å². The Labute approximate surface area is 689 Å². The van der Waals surface area contributed by atoms with Gasteiger partial charge in [-0.2, -0.15) is 0 Å². The van der Waals surface area contributed by atoms with Crippen molar-refractivity contribution in [2.75, 3.05) is 39.6 Å². The Balaban J connectivity index is 5.23. The van der Waals surface area contributed by atoms with E-state index in [0.29, 0.717) is 25.7 Å². The SMILES string of the molecule is CCCCCCCCCCCCCCCCCCCCCCCC(=O)OC[C@H](COP(=O)(O)OC[C@@H](O)COP(=O)(O)OC[C@@H](COC(=O)CCCCCCCCCCC(C)C)OC(=O)CCCCCCCCCCCCCCCCCCC(C)C)OC(=O)CCCCCCCCCCCCCCCCCCCCCCC. The lowest BCUT2D eigenvalue weighted by Gasteiger charge is -2.21. The van der Waals surface area contributed by atoms with Crippen molar-refractivity contribution in [1.82, 2.24) is 0 Å². The summed E-state index contributed by atoms with van der Waals surface area (Å²) in [6, 6.07) is 0. The molecule has 17 nitrogen and oxygen atoms in total. The molecule has 0 radical (unpaired) electrons. The number of esters is 4. The molecule has 0 aliphatic heterocycles.